The van der Waals surface area contributed by atoms with E-state index in [0.717, 1.165) is 29.5 Å². The van der Waals surface area contributed by atoms with Crippen molar-refractivity contribution in [1.29, 1.82) is 5.26 Å². The number of rotatable bonds is 6. The smallest absolute Gasteiger partial charge is 0.268 e. The summed E-state index contributed by atoms with van der Waals surface area (Å²) < 4.78 is 77.4. The van der Waals surface area contributed by atoms with Crippen molar-refractivity contribution in [2.45, 2.75) is 35.8 Å². The van der Waals surface area contributed by atoms with Gasteiger partial charge in [0.15, 0.2) is 11.6 Å². The lowest BCUT2D eigenvalue weighted by Gasteiger charge is -2.17. The number of ether oxygens (including phenoxy) is 1. The molecular weight excluding hydrogens is 497 g/mol. The van der Waals surface area contributed by atoms with E-state index in [2.05, 4.69) is 0 Å². The fourth-order valence-corrected chi connectivity index (χ4v) is 5.83. The van der Waals surface area contributed by atoms with Crippen LogP contribution in [0.5, 0.6) is 11.5 Å². The molecule has 5 nitrogen and oxygen atoms in total. The second kappa shape index (κ2) is 9.32. The minimum Gasteiger partial charge on any atom is -0.453 e. The second-order valence-corrected chi connectivity index (χ2v) is 11.4. The van der Waals surface area contributed by atoms with Crippen molar-refractivity contribution in [3.63, 3.8) is 0 Å². The Morgan fingerprint density at radius 1 is 1.03 bits per heavy atom. The van der Waals surface area contributed by atoms with Crippen LogP contribution < -0.4 is 4.74 Å². The van der Waals surface area contributed by atoms with E-state index in [-0.39, 0.29) is 31.7 Å². The highest BCUT2D eigenvalue weighted by molar-refractivity contribution is 8.00. The summed E-state index contributed by atoms with van der Waals surface area (Å²) >= 11 is 1.15. The first-order valence-corrected chi connectivity index (χ1v) is 12.7. The zero-order chi connectivity index (χ0) is 25.5. The van der Waals surface area contributed by atoms with Gasteiger partial charge in [0.05, 0.1) is 15.4 Å². The van der Waals surface area contributed by atoms with E-state index in [4.69, 9.17) is 10.00 Å². The molecule has 3 aromatic carbocycles. The molecule has 0 fully saturated rings. The van der Waals surface area contributed by atoms with Crippen LogP contribution in [0.4, 0.5) is 13.2 Å². The number of benzene rings is 3. The molecule has 1 heterocycles. The summed E-state index contributed by atoms with van der Waals surface area (Å²) in [5.41, 5.74) is 0.0737. The molecule has 4 rings (SSSR count). The summed E-state index contributed by atoms with van der Waals surface area (Å²) in [6, 6.07) is 12.3. The van der Waals surface area contributed by atoms with Crippen molar-refractivity contribution in [3.8, 4) is 17.6 Å². The van der Waals surface area contributed by atoms with Gasteiger partial charge in [-0.2, -0.15) is 9.65 Å². The molecule has 0 atom stereocenters. The van der Waals surface area contributed by atoms with Gasteiger partial charge in [-0.15, -0.1) is 11.8 Å². The normalized spacial score (nSPS) is 11.7. The zero-order valence-electron chi connectivity index (χ0n) is 18.8. The highest BCUT2D eigenvalue weighted by atomic mass is 32.2. The molecular formula is C25H19F3N2O3S2. The van der Waals surface area contributed by atoms with Crippen LogP contribution in [0.2, 0.25) is 0 Å². The molecule has 1 aromatic heterocycles. The predicted molar refractivity (Wildman–Crippen MR) is 128 cm³/mol. The Balaban J connectivity index is 1.95. The fourth-order valence-electron chi connectivity index (χ4n) is 3.48. The van der Waals surface area contributed by atoms with Crippen molar-refractivity contribution in [2.24, 2.45) is 0 Å². The fraction of sp³-hybridized carbons (Fsp3) is 0.160. The molecule has 0 amide bonds. The maximum absolute atomic E-state index is 15.4. The SMILES string of the molecule is Cc1ccc(S(=O)(=O)n2ccc3c(SC(C)C)c(Oc4ccc(F)c(C#N)c4)c(F)c(F)c32)cc1. The van der Waals surface area contributed by atoms with Crippen LogP contribution >= 0.6 is 11.8 Å². The summed E-state index contributed by atoms with van der Waals surface area (Å²) in [6.45, 7) is 5.45. The molecule has 180 valence electrons. The molecule has 0 aliphatic rings. The molecule has 0 radical (unpaired) electrons. The summed E-state index contributed by atoms with van der Waals surface area (Å²) in [5.74, 6) is -4.14. The van der Waals surface area contributed by atoms with Gasteiger partial charge >= 0.3 is 0 Å². The Morgan fingerprint density at radius 2 is 1.71 bits per heavy atom. The third-order valence-corrected chi connectivity index (χ3v) is 7.91. The quantitative estimate of drug-likeness (QED) is 0.265. The average Bonchev–Trinajstić information content (AvgIpc) is 3.27. The number of nitriles is 1. The van der Waals surface area contributed by atoms with Gasteiger partial charge in [0.2, 0.25) is 5.82 Å². The molecule has 10 heteroatoms. The summed E-state index contributed by atoms with van der Waals surface area (Å²) in [6.07, 6.45) is 1.17. The van der Waals surface area contributed by atoms with Crippen LogP contribution in [0.25, 0.3) is 10.9 Å². The number of halogens is 3. The minimum absolute atomic E-state index is 0.0714. The van der Waals surface area contributed by atoms with Gasteiger partial charge in [-0.05, 0) is 37.3 Å². The lowest BCUT2D eigenvalue weighted by atomic mass is 10.2. The predicted octanol–water partition coefficient (Wildman–Crippen LogP) is 6.77. The van der Waals surface area contributed by atoms with E-state index in [9.17, 15) is 12.8 Å². The molecule has 0 spiro atoms. The van der Waals surface area contributed by atoms with Gasteiger partial charge in [0.1, 0.15) is 23.2 Å². The van der Waals surface area contributed by atoms with Crippen LogP contribution in [0.1, 0.15) is 25.0 Å². The van der Waals surface area contributed by atoms with Crippen molar-refractivity contribution in [3.05, 3.63) is 83.3 Å². The number of fused-ring (bicyclic) bond motifs is 1. The molecule has 4 aromatic rings. The Bertz CT molecular complexity index is 1590. The zero-order valence-corrected chi connectivity index (χ0v) is 20.5. The molecule has 0 N–H and O–H groups in total. The number of nitrogens with zero attached hydrogens (tertiary/aromatic N) is 2. The average molecular weight is 517 g/mol. The number of aryl methyl sites for hydroxylation is 1. The number of hydrogen-bond donors (Lipinski definition) is 0. The molecule has 0 bridgehead atoms. The standard InChI is InChI=1S/C25H19F3N2O3S2/c1-14(2)34-25-19-10-11-30(35(31,32)18-7-4-15(3)5-8-18)23(19)21(27)22(28)24(25)33-17-6-9-20(26)16(12-17)13-29/h4-12,14H,1-3H3. The van der Waals surface area contributed by atoms with Crippen molar-refractivity contribution in [2.75, 3.05) is 0 Å². The Labute approximate surface area is 204 Å². The van der Waals surface area contributed by atoms with E-state index >= 15 is 8.78 Å². The van der Waals surface area contributed by atoms with Gasteiger partial charge in [-0.1, -0.05) is 31.5 Å². The monoisotopic (exact) mass is 516 g/mol. The maximum atomic E-state index is 15.4. The molecule has 0 saturated carbocycles. The molecule has 0 saturated heterocycles. The van der Waals surface area contributed by atoms with Gasteiger partial charge in [-0.3, -0.25) is 0 Å². The molecule has 0 unspecified atom stereocenters. The van der Waals surface area contributed by atoms with Crippen molar-refractivity contribution in [1.82, 2.24) is 3.97 Å². The van der Waals surface area contributed by atoms with Crippen LogP contribution in [-0.4, -0.2) is 17.6 Å². The highest BCUT2D eigenvalue weighted by Crippen LogP contribution is 2.45. The van der Waals surface area contributed by atoms with Crippen LogP contribution in [0, 0.1) is 35.7 Å². The van der Waals surface area contributed by atoms with E-state index in [1.165, 1.54) is 30.5 Å². The summed E-state index contributed by atoms with van der Waals surface area (Å²) in [5, 5.41) is 9.10. The minimum atomic E-state index is -4.23. The first-order valence-electron chi connectivity index (χ1n) is 10.4. The van der Waals surface area contributed by atoms with Crippen LogP contribution in [0.15, 0.2) is 64.5 Å². The van der Waals surface area contributed by atoms with Gasteiger partial charge in [0, 0.05) is 22.9 Å². The molecule has 0 aliphatic carbocycles. The first-order chi connectivity index (χ1) is 16.5. The highest BCUT2D eigenvalue weighted by Gasteiger charge is 2.29. The third-order valence-electron chi connectivity index (χ3n) is 5.11. The summed E-state index contributed by atoms with van der Waals surface area (Å²) in [7, 11) is -4.23. The first kappa shape index (κ1) is 24.7. The van der Waals surface area contributed by atoms with Gasteiger partial charge in [-0.25, -0.2) is 21.2 Å². The number of aromatic nitrogens is 1. The number of thioether (sulfide) groups is 1. The lowest BCUT2D eigenvalue weighted by molar-refractivity contribution is 0.409. The van der Waals surface area contributed by atoms with Gasteiger partial charge < -0.3 is 4.74 Å². The van der Waals surface area contributed by atoms with Crippen molar-refractivity contribution >= 4 is 32.7 Å². The van der Waals surface area contributed by atoms with Crippen molar-refractivity contribution < 1.29 is 26.3 Å². The van der Waals surface area contributed by atoms with E-state index in [1.54, 1.807) is 25.1 Å². The van der Waals surface area contributed by atoms with E-state index < -0.39 is 38.7 Å². The van der Waals surface area contributed by atoms with Gasteiger partial charge in [0.25, 0.3) is 10.0 Å². The van der Waals surface area contributed by atoms with E-state index in [0.29, 0.717) is 3.97 Å². The topological polar surface area (TPSA) is 72.1 Å². The van der Waals surface area contributed by atoms with Crippen LogP contribution in [-0.2, 0) is 10.0 Å². The Morgan fingerprint density at radius 3 is 2.34 bits per heavy atom. The second-order valence-electron chi connectivity index (χ2n) is 8.00. The summed E-state index contributed by atoms with van der Waals surface area (Å²) in [4.78, 5) is 0.101. The van der Waals surface area contributed by atoms with E-state index in [1.807, 2.05) is 13.8 Å². The largest absolute Gasteiger partial charge is 0.453 e. The third kappa shape index (κ3) is 4.49. The maximum Gasteiger partial charge on any atom is 0.268 e. The van der Waals surface area contributed by atoms with Crippen LogP contribution in [0.3, 0.4) is 0 Å². The Hall–Kier alpha value is -3.42. The molecule has 0 aliphatic heterocycles. The number of hydrogen-bond acceptors (Lipinski definition) is 5. The molecule has 35 heavy (non-hydrogen) atoms. The Kier molecular flexibility index (Phi) is 6.58. The lowest BCUT2D eigenvalue weighted by Crippen LogP contribution is -2.13.